The molecular weight excluding hydrogens is 264 g/mol. The van der Waals surface area contributed by atoms with E-state index in [0.29, 0.717) is 5.75 Å². The zero-order chi connectivity index (χ0) is 11.4. The van der Waals surface area contributed by atoms with E-state index < -0.39 is 11.9 Å². The number of aryl methyl sites for hydroxylation is 1. The summed E-state index contributed by atoms with van der Waals surface area (Å²) in [4.78, 5) is 21.8. The van der Waals surface area contributed by atoms with Crippen molar-refractivity contribution in [2.24, 2.45) is 0 Å². The van der Waals surface area contributed by atoms with Crippen LogP contribution in [-0.2, 0) is 14.3 Å². The Balaban J connectivity index is 2.77. The Morgan fingerprint density at radius 2 is 1.93 bits per heavy atom. The Morgan fingerprint density at radius 1 is 1.27 bits per heavy atom. The maximum atomic E-state index is 11.0. The Labute approximate surface area is 95.3 Å². The van der Waals surface area contributed by atoms with Gasteiger partial charge < -0.3 is 9.47 Å². The summed E-state index contributed by atoms with van der Waals surface area (Å²) in [5.74, 6) is -1.74. The van der Waals surface area contributed by atoms with Gasteiger partial charge in [-0.15, -0.1) is 0 Å². The number of hydrogen-bond acceptors (Lipinski definition) is 4. The van der Waals surface area contributed by atoms with E-state index in [4.69, 9.17) is 4.74 Å². The SMILES string of the molecule is COC(=O)C(=O)Oc1ccc(Br)c(C)c1. The molecule has 0 radical (unpaired) electrons. The Morgan fingerprint density at radius 3 is 2.47 bits per heavy atom. The average molecular weight is 273 g/mol. The van der Waals surface area contributed by atoms with E-state index in [1.54, 1.807) is 18.2 Å². The third-order valence-corrected chi connectivity index (χ3v) is 2.58. The van der Waals surface area contributed by atoms with Crippen LogP contribution in [-0.4, -0.2) is 19.0 Å². The highest BCUT2D eigenvalue weighted by molar-refractivity contribution is 9.10. The number of benzene rings is 1. The minimum absolute atomic E-state index is 0.311. The normalized spacial score (nSPS) is 9.53. The van der Waals surface area contributed by atoms with Gasteiger partial charge in [0.1, 0.15) is 5.75 Å². The molecule has 15 heavy (non-hydrogen) atoms. The average Bonchev–Trinajstić information content (AvgIpc) is 2.22. The summed E-state index contributed by atoms with van der Waals surface area (Å²) >= 11 is 3.31. The van der Waals surface area contributed by atoms with Crippen LogP contribution in [0.4, 0.5) is 0 Å². The van der Waals surface area contributed by atoms with Crippen molar-refractivity contribution in [1.82, 2.24) is 0 Å². The van der Waals surface area contributed by atoms with Crippen molar-refractivity contribution in [3.63, 3.8) is 0 Å². The molecule has 1 rings (SSSR count). The van der Waals surface area contributed by atoms with E-state index >= 15 is 0 Å². The van der Waals surface area contributed by atoms with Gasteiger partial charge in [-0.3, -0.25) is 0 Å². The van der Waals surface area contributed by atoms with Crippen molar-refractivity contribution in [3.8, 4) is 5.75 Å². The molecule has 0 bridgehead atoms. The Hall–Kier alpha value is -1.36. The molecule has 1 aromatic rings. The summed E-state index contributed by atoms with van der Waals surface area (Å²) in [5, 5.41) is 0. The van der Waals surface area contributed by atoms with Gasteiger partial charge in [0.15, 0.2) is 0 Å². The van der Waals surface area contributed by atoms with Gasteiger partial charge >= 0.3 is 11.9 Å². The third kappa shape index (κ3) is 3.06. The minimum atomic E-state index is -1.03. The first-order valence-corrected chi connectivity index (χ1v) is 4.90. The van der Waals surface area contributed by atoms with Gasteiger partial charge in [0, 0.05) is 4.47 Å². The zero-order valence-corrected chi connectivity index (χ0v) is 9.83. The number of ether oxygens (including phenoxy) is 2. The fourth-order valence-electron chi connectivity index (χ4n) is 0.913. The molecule has 0 saturated carbocycles. The van der Waals surface area contributed by atoms with E-state index in [9.17, 15) is 9.59 Å². The molecule has 0 aliphatic heterocycles. The van der Waals surface area contributed by atoms with E-state index in [-0.39, 0.29) is 0 Å². The van der Waals surface area contributed by atoms with Crippen LogP contribution in [0.15, 0.2) is 22.7 Å². The highest BCUT2D eigenvalue weighted by atomic mass is 79.9. The largest absolute Gasteiger partial charge is 0.461 e. The molecule has 0 aliphatic carbocycles. The summed E-state index contributed by atoms with van der Waals surface area (Å²) < 4.78 is 9.89. The maximum Gasteiger partial charge on any atom is 0.422 e. The highest BCUT2D eigenvalue weighted by Gasteiger charge is 2.16. The molecule has 0 saturated heterocycles. The van der Waals surface area contributed by atoms with E-state index in [0.717, 1.165) is 17.1 Å². The molecule has 0 N–H and O–H groups in total. The number of halogens is 1. The van der Waals surface area contributed by atoms with Gasteiger partial charge in [-0.25, -0.2) is 9.59 Å². The second kappa shape index (κ2) is 4.93. The molecule has 4 nitrogen and oxygen atoms in total. The second-order valence-electron chi connectivity index (χ2n) is 2.79. The predicted molar refractivity (Wildman–Crippen MR) is 56.5 cm³/mol. The van der Waals surface area contributed by atoms with Crippen molar-refractivity contribution in [2.45, 2.75) is 6.92 Å². The number of rotatable bonds is 1. The summed E-state index contributed by atoms with van der Waals surface area (Å²) in [7, 11) is 1.12. The summed E-state index contributed by atoms with van der Waals surface area (Å²) in [6.07, 6.45) is 0. The molecule has 0 amide bonds. The molecule has 0 atom stereocenters. The van der Waals surface area contributed by atoms with Crippen LogP contribution in [0.25, 0.3) is 0 Å². The maximum absolute atomic E-state index is 11.0. The smallest absolute Gasteiger partial charge is 0.422 e. The van der Waals surface area contributed by atoms with Crippen molar-refractivity contribution < 1.29 is 19.1 Å². The van der Waals surface area contributed by atoms with Gasteiger partial charge in [-0.2, -0.15) is 0 Å². The summed E-state index contributed by atoms with van der Waals surface area (Å²) in [6, 6.07) is 4.96. The fourth-order valence-corrected chi connectivity index (χ4v) is 1.16. The molecule has 0 aliphatic rings. The van der Waals surface area contributed by atoms with Crippen molar-refractivity contribution in [1.29, 1.82) is 0 Å². The number of methoxy groups -OCH3 is 1. The molecule has 0 unspecified atom stereocenters. The molecule has 80 valence electrons. The topological polar surface area (TPSA) is 52.6 Å². The zero-order valence-electron chi connectivity index (χ0n) is 8.24. The molecule has 0 fully saturated rings. The van der Waals surface area contributed by atoms with Crippen molar-refractivity contribution in [2.75, 3.05) is 7.11 Å². The first kappa shape index (κ1) is 11.7. The van der Waals surface area contributed by atoms with Crippen molar-refractivity contribution >= 4 is 27.9 Å². The monoisotopic (exact) mass is 272 g/mol. The molecular formula is C10H9BrO4. The molecule has 0 aromatic heterocycles. The molecule has 5 heteroatoms. The number of carbonyl (C=O) groups excluding carboxylic acids is 2. The first-order chi connectivity index (χ1) is 7.04. The highest BCUT2D eigenvalue weighted by Crippen LogP contribution is 2.21. The van der Waals surface area contributed by atoms with Crippen LogP contribution in [0, 0.1) is 6.92 Å². The quantitative estimate of drug-likeness (QED) is 0.445. The van der Waals surface area contributed by atoms with Crippen LogP contribution < -0.4 is 4.74 Å². The predicted octanol–water partition coefficient (Wildman–Crippen LogP) is 1.84. The molecule has 0 heterocycles. The fraction of sp³-hybridized carbons (Fsp3) is 0.200. The van der Waals surface area contributed by atoms with Gasteiger partial charge in [-0.05, 0) is 30.7 Å². The van der Waals surface area contributed by atoms with Gasteiger partial charge in [0.2, 0.25) is 0 Å². The van der Waals surface area contributed by atoms with E-state index in [1.165, 1.54) is 0 Å². The van der Waals surface area contributed by atoms with Crippen LogP contribution in [0.2, 0.25) is 0 Å². The summed E-state index contributed by atoms with van der Waals surface area (Å²) in [5.41, 5.74) is 0.908. The Kier molecular flexibility index (Phi) is 3.85. The standard InChI is InChI=1S/C10H9BrO4/c1-6-5-7(3-4-8(6)11)15-10(13)9(12)14-2/h3-5H,1-2H3. The number of hydrogen-bond donors (Lipinski definition) is 0. The lowest BCUT2D eigenvalue weighted by Gasteiger charge is -2.04. The third-order valence-electron chi connectivity index (χ3n) is 1.69. The molecule has 0 spiro atoms. The van der Waals surface area contributed by atoms with Gasteiger partial charge in [0.25, 0.3) is 0 Å². The number of carbonyl (C=O) groups is 2. The minimum Gasteiger partial charge on any atom is -0.461 e. The van der Waals surface area contributed by atoms with Crippen LogP contribution in [0.3, 0.4) is 0 Å². The Bertz CT molecular complexity index is 400. The molecule has 1 aromatic carbocycles. The van der Waals surface area contributed by atoms with Gasteiger partial charge in [-0.1, -0.05) is 15.9 Å². The van der Waals surface area contributed by atoms with Gasteiger partial charge in [0.05, 0.1) is 7.11 Å². The number of esters is 2. The van der Waals surface area contributed by atoms with Crippen LogP contribution >= 0.6 is 15.9 Å². The first-order valence-electron chi connectivity index (χ1n) is 4.11. The lowest BCUT2D eigenvalue weighted by molar-refractivity contribution is -0.160. The van der Waals surface area contributed by atoms with E-state index in [2.05, 4.69) is 20.7 Å². The lowest BCUT2D eigenvalue weighted by atomic mass is 10.2. The lowest BCUT2D eigenvalue weighted by Crippen LogP contribution is -2.21. The second-order valence-corrected chi connectivity index (χ2v) is 3.65. The van der Waals surface area contributed by atoms with Crippen molar-refractivity contribution in [3.05, 3.63) is 28.2 Å². The van der Waals surface area contributed by atoms with Crippen LogP contribution in [0.5, 0.6) is 5.75 Å². The van der Waals surface area contributed by atoms with Crippen LogP contribution in [0.1, 0.15) is 5.56 Å². The van der Waals surface area contributed by atoms with E-state index in [1.807, 2.05) is 6.92 Å². The summed E-state index contributed by atoms with van der Waals surface area (Å²) in [6.45, 7) is 1.85.